The third-order valence-corrected chi connectivity index (χ3v) is 4.71. The number of aromatic nitrogens is 6. The molecule has 1 fully saturated rings. The molecular weight excluding hydrogens is 348 g/mol. The number of aryl methyl sites for hydroxylation is 1. The molecule has 3 aromatic heterocycles. The summed E-state index contributed by atoms with van der Waals surface area (Å²) >= 11 is 0. The van der Waals surface area contributed by atoms with Crippen molar-refractivity contribution >= 4 is 23.2 Å². The number of aromatic amines is 1. The maximum Gasteiger partial charge on any atom is 0.299 e. The first-order chi connectivity index (χ1) is 13.3. The van der Waals surface area contributed by atoms with Crippen molar-refractivity contribution in [2.24, 2.45) is 5.92 Å². The van der Waals surface area contributed by atoms with Crippen LogP contribution in [0.3, 0.4) is 0 Å². The van der Waals surface area contributed by atoms with Crippen molar-refractivity contribution in [2.45, 2.75) is 32.1 Å². The van der Waals surface area contributed by atoms with Gasteiger partial charge in [-0.25, -0.2) is 4.98 Å². The molecule has 0 aromatic carbocycles. The minimum atomic E-state index is 0.0780. The van der Waals surface area contributed by atoms with Gasteiger partial charge in [-0.2, -0.15) is 10.2 Å². The van der Waals surface area contributed by atoms with Gasteiger partial charge in [0.25, 0.3) is 6.01 Å². The summed E-state index contributed by atoms with van der Waals surface area (Å²) in [5, 5.41) is 16.7. The van der Waals surface area contributed by atoms with Gasteiger partial charge >= 0.3 is 0 Å². The Morgan fingerprint density at radius 1 is 1.44 bits per heavy atom. The number of oxazole rings is 1. The van der Waals surface area contributed by atoms with Crippen LogP contribution in [0.2, 0.25) is 0 Å². The van der Waals surface area contributed by atoms with Crippen LogP contribution < -0.4 is 10.2 Å². The molecule has 0 aliphatic carbocycles. The summed E-state index contributed by atoms with van der Waals surface area (Å²) in [6.45, 7) is 2.26. The van der Waals surface area contributed by atoms with Gasteiger partial charge in [0.1, 0.15) is 0 Å². The van der Waals surface area contributed by atoms with E-state index in [-0.39, 0.29) is 5.91 Å². The molecule has 10 heteroatoms. The normalized spacial score (nSPS) is 17.3. The maximum absolute atomic E-state index is 12.2. The van der Waals surface area contributed by atoms with E-state index in [0.29, 0.717) is 48.4 Å². The second-order valence-electron chi connectivity index (χ2n) is 6.76. The zero-order valence-electron chi connectivity index (χ0n) is 15.0. The van der Waals surface area contributed by atoms with Crippen LogP contribution in [0.25, 0.3) is 11.2 Å². The minimum Gasteiger partial charge on any atom is -0.422 e. The Labute approximate surface area is 155 Å². The number of fused-ring (bicyclic) bond motifs is 1. The van der Waals surface area contributed by atoms with E-state index >= 15 is 0 Å². The van der Waals surface area contributed by atoms with Gasteiger partial charge in [0.05, 0.1) is 0 Å². The number of hydrogen-bond donors (Lipinski definition) is 2. The van der Waals surface area contributed by atoms with Crippen LogP contribution in [0.4, 0.5) is 6.01 Å². The molecule has 4 rings (SSSR count). The lowest BCUT2D eigenvalue weighted by Crippen LogP contribution is -2.38. The van der Waals surface area contributed by atoms with E-state index < -0.39 is 0 Å². The van der Waals surface area contributed by atoms with E-state index in [9.17, 15) is 4.79 Å². The number of piperidine rings is 1. The zero-order chi connectivity index (χ0) is 18.5. The van der Waals surface area contributed by atoms with Crippen LogP contribution in [-0.2, 0) is 11.2 Å². The quantitative estimate of drug-likeness (QED) is 0.592. The Hall–Kier alpha value is -3.04. The Balaban J connectivity index is 1.24. The third-order valence-electron chi connectivity index (χ3n) is 4.71. The second-order valence-corrected chi connectivity index (χ2v) is 6.76. The number of hydrogen-bond acceptors (Lipinski definition) is 8. The average molecular weight is 370 g/mol. The number of rotatable bonds is 7. The first-order valence-corrected chi connectivity index (χ1v) is 9.23. The van der Waals surface area contributed by atoms with E-state index in [1.807, 2.05) is 12.1 Å². The summed E-state index contributed by atoms with van der Waals surface area (Å²) in [7, 11) is 0. The minimum absolute atomic E-state index is 0.0780. The zero-order valence-corrected chi connectivity index (χ0v) is 15.0. The lowest BCUT2D eigenvalue weighted by atomic mass is 9.94. The molecule has 0 spiro atoms. The van der Waals surface area contributed by atoms with Crippen LogP contribution in [-0.4, -0.2) is 56.1 Å². The number of H-pyrrole nitrogens is 1. The number of carbonyl (C=O) groups is 1. The topological polar surface area (TPSA) is 126 Å². The summed E-state index contributed by atoms with van der Waals surface area (Å²) in [6, 6.07) is 4.29. The number of carbonyl (C=O) groups excluding carboxylic acids is 1. The van der Waals surface area contributed by atoms with Gasteiger partial charge in [-0.3, -0.25) is 4.79 Å². The van der Waals surface area contributed by atoms with Crippen LogP contribution in [0.15, 0.2) is 22.7 Å². The average Bonchev–Trinajstić information content (AvgIpc) is 3.35. The van der Waals surface area contributed by atoms with Crippen molar-refractivity contribution < 1.29 is 9.21 Å². The van der Waals surface area contributed by atoms with Gasteiger partial charge in [0.2, 0.25) is 11.6 Å². The van der Waals surface area contributed by atoms with Gasteiger partial charge in [0.15, 0.2) is 11.4 Å². The standard InChI is InChI=1S/C17H22N8O2/c26-15(18-7-2-6-14-21-23-24-22-14)10-12-4-3-9-25(11-12)17-20-16-13(27-17)5-1-8-19-16/h1,5,8,12H,2-4,6-7,9-11H2,(H,18,26)(H,21,22,23,24). The van der Waals surface area contributed by atoms with E-state index in [4.69, 9.17) is 4.42 Å². The Morgan fingerprint density at radius 2 is 2.41 bits per heavy atom. The highest BCUT2D eigenvalue weighted by atomic mass is 16.4. The number of tetrazole rings is 1. The van der Waals surface area contributed by atoms with Crippen molar-refractivity contribution in [1.29, 1.82) is 0 Å². The molecule has 0 saturated carbocycles. The van der Waals surface area contributed by atoms with Crippen molar-refractivity contribution in [3.8, 4) is 0 Å². The summed E-state index contributed by atoms with van der Waals surface area (Å²) in [5.74, 6) is 1.04. The summed E-state index contributed by atoms with van der Waals surface area (Å²) in [4.78, 5) is 23.0. The third kappa shape index (κ3) is 4.39. The van der Waals surface area contributed by atoms with Crippen LogP contribution >= 0.6 is 0 Å². The predicted molar refractivity (Wildman–Crippen MR) is 96.9 cm³/mol. The van der Waals surface area contributed by atoms with Crippen LogP contribution in [0.1, 0.15) is 31.5 Å². The Morgan fingerprint density at radius 3 is 3.26 bits per heavy atom. The highest BCUT2D eigenvalue weighted by molar-refractivity contribution is 5.76. The number of nitrogens with zero attached hydrogens (tertiary/aromatic N) is 6. The van der Waals surface area contributed by atoms with Gasteiger partial charge in [-0.15, -0.1) is 10.2 Å². The molecular formula is C17H22N8O2. The Bertz CT molecular complexity index is 845. The predicted octanol–water partition coefficient (Wildman–Crippen LogP) is 1.09. The molecule has 142 valence electrons. The highest BCUT2D eigenvalue weighted by Gasteiger charge is 2.25. The highest BCUT2D eigenvalue weighted by Crippen LogP contribution is 2.26. The molecule has 1 atom stereocenters. The first kappa shape index (κ1) is 17.4. The van der Waals surface area contributed by atoms with Gasteiger partial charge in [0, 0.05) is 38.7 Å². The summed E-state index contributed by atoms with van der Waals surface area (Å²) in [5.41, 5.74) is 1.31. The molecule has 1 saturated heterocycles. The van der Waals surface area contributed by atoms with Gasteiger partial charge in [-0.1, -0.05) is 5.21 Å². The fraction of sp³-hybridized carbons (Fsp3) is 0.529. The molecule has 3 aromatic rings. The fourth-order valence-electron chi connectivity index (χ4n) is 3.40. The van der Waals surface area contributed by atoms with E-state index in [1.54, 1.807) is 6.20 Å². The second kappa shape index (κ2) is 8.11. The van der Waals surface area contributed by atoms with E-state index in [1.165, 1.54) is 0 Å². The van der Waals surface area contributed by atoms with Crippen LogP contribution in [0, 0.1) is 5.92 Å². The Kier molecular flexibility index (Phi) is 5.22. The molecule has 2 N–H and O–H groups in total. The van der Waals surface area contributed by atoms with Crippen molar-refractivity contribution in [3.63, 3.8) is 0 Å². The van der Waals surface area contributed by atoms with E-state index in [2.05, 4.69) is 40.8 Å². The van der Waals surface area contributed by atoms with Gasteiger partial charge < -0.3 is 14.6 Å². The van der Waals surface area contributed by atoms with Crippen molar-refractivity contribution in [2.75, 3.05) is 24.5 Å². The lowest BCUT2D eigenvalue weighted by Gasteiger charge is -2.31. The number of pyridine rings is 1. The smallest absolute Gasteiger partial charge is 0.299 e. The van der Waals surface area contributed by atoms with E-state index in [0.717, 1.165) is 32.4 Å². The molecule has 1 unspecified atom stereocenters. The molecule has 10 nitrogen and oxygen atoms in total. The van der Waals surface area contributed by atoms with Gasteiger partial charge in [-0.05, 0) is 37.3 Å². The molecule has 1 aliphatic rings. The summed E-state index contributed by atoms with van der Waals surface area (Å²) in [6.07, 6.45) is 5.75. The van der Waals surface area contributed by atoms with Crippen molar-refractivity contribution in [1.82, 2.24) is 35.9 Å². The number of anilines is 1. The summed E-state index contributed by atoms with van der Waals surface area (Å²) < 4.78 is 5.81. The lowest BCUT2D eigenvalue weighted by molar-refractivity contribution is -0.122. The van der Waals surface area contributed by atoms with Crippen molar-refractivity contribution in [3.05, 3.63) is 24.2 Å². The number of nitrogens with one attached hydrogen (secondary N) is 2. The molecule has 0 radical (unpaired) electrons. The van der Waals surface area contributed by atoms with Crippen LogP contribution in [0.5, 0.6) is 0 Å². The molecule has 1 aliphatic heterocycles. The maximum atomic E-state index is 12.2. The molecule has 27 heavy (non-hydrogen) atoms. The number of amides is 1. The largest absolute Gasteiger partial charge is 0.422 e. The first-order valence-electron chi connectivity index (χ1n) is 9.23. The molecule has 4 heterocycles. The molecule has 1 amide bonds. The SMILES string of the molecule is O=C(CC1CCCN(c2nc3ncccc3o2)C1)NCCCc1nn[nH]n1. The monoisotopic (exact) mass is 370 g/mol. The fourth-order valence-corrected chi connectivity index (χ4v) is 3.40. The molecule has 0 bridgehead atoms.